The van der Waals surface area contributed by atoms with Gasteiger partial charge in [0, 0.05) is 11.9 Å². The van der Waals surface area contributed by atoms with E-state index in [2.05, 4.69) is 32.2 Å². The molecule has 0 bridgehead atoms. The van der Waals surface area contributed by atoms with E-state index in [0.29, 0.717) is 6.54 Å². The average Bonchev–Trinajstić information content (AvgIpc) is 2.74. The Morgan fingerprint density at radius 2 is 2.05 bits per heavy atom. The summed E-state index contributed by atoms with van der Waals surface area (Å²) in [6, 6.07) is 8.19. The van der Waals surface area contributed by atoms with Crippen LogP contribution in [0.25, 0.3) is 11.0 Å². The monoisotopic (exact) mass is 261 g/mol. The maximum atomic E-state index is 9.76. The molecule has 1 heterocycles. The number of hydrogen-bond donors (Lipinski definition) is 2. The summed E-state index contributed by atoms with van der Waals surface area (Å²) in [4.78, 5) is 0. The molecule has 0 aliphatic carbocycles. The second-order valence-corrected chi connectivity index (χ2v) is 5.16. The SMILES string of the molecule is CCCC(O)CNC(C)c1oc2ccccc2c1C. The zero-order valence-electron chi connectivity index (χ0n) is 11.9. The number of nitrogens with one attached hydrogen (secondary N) is 1. The Hall–Kier alpha value is -1.32. The predicted molar refractivity (Wildman–Crippen MR) is 78.3 cm³/mol. The van der Waals surface area contributed by atoms with Gasteiger partial charge < -0.3 is 14.8 Å². The molecule has 3 heteroatoms. The normalized spacial score (nSPS) is 14.7. The summed E-state index contributed by atoms with van der Waals surface area (Å²) in [5.41, 5.74) is 2.11. The van der Waals surface area contributed by atoms with Gasteiger partial charge in [-0.3, -0.25) is 0 Å². The number of benzene rings is 1. The Morgan fingerprint density at radius 1 is 1.32 bits per heavy atom. The van der Waals surface area contributed by atoms with E-state index in [-0.39, 0.29) is 12.1 Å². The van der Waals surface area contributed by atoms with Crippen molar-refractivity contribution in [1.82, 2.24) is 5.32 Å². The molecule has 0 fully saturated rings. The van der Waals surface area contributed by atoms with Gasteiger partial charge in [0.1, 0.15) is 11.3 Å². The highest BCUT2D eigenvalue weighted by Gasteiger charge is 2.16. The van der Waals surface area contributed by atoms with Gasteiger partial charge in [-0.2, -0.15) is 0 Å². The highest BCUT2D eigenvalue weighted by Crippen LogP contribution is 2.29. The number of hydrogen-bond acceptors (Lipinski definition) is 3. The summed E-state index contributed by atoms with van der Waals surface area (Å²) in [6.07, 6.45) is 1.55. The summed E-state index contributed by atoms with van der Waals surface area (Å²) in [5, 5.41) is 14.3. The molecule has 0 radical (unpaired) electrons. The fourth-order valence-electron chi connectivity index (χ4n) is 2.45. The first-order chi connectivity index (χ1) is 9.13. The van der Waals surface area contributed by atoms with Gasteiger partial charge in [-0.1, -0.05) is 31.5 Å². The predicted octanol–water partition coefficient (Wildman–Crippen LogP) is 3.55. The minimum Gasteiger partial charge on any atom is -0.459 e. The van der Waals surface area contributed by atoms with Crippen LogP contribution in [-0.4, -0.2) is 17.8 Å². The standard InChI is InChI=1S/C16H23NO2/c1-4-7-13(18)10-17-12(3)16-11(2)14-8-5-6-9-15(14)19-16/h5-6,8-9,12-13,17-18H,4,7,10H2,1-3H3. The average molecular weight is 261 g/mol. The van der Waals surface area contributed by atoms with Crippen LogP contribution in [0.2, 0.25) is 0 Å². The van der Waals surface area contributed by atoms with Crippen molar-refractivity contribution in [3.63, 3.8) is 0 Å². The Labute approximate surface area is 114 Å². The van der Waals surface area contributed by atoms with Crippen molar-refractivity contribution in [3.8, 4) is 0 Å². The third-order valence-corrected chi connectivity index (χ3v) is 3.56. The molecule has 1 aromatic carbocycles. The summed E-state index contributed by atoms with van der Waals surface area (Å²) >= 11 is 0. The van der Waals surface area contributed by atoms with Crippen LogP contribution in [0.3, 0.4) is 0 Å². The quantitative estimate of drug-likeness (QED) is 0.836. The Morgan fingerprint density at radius 3 is 2.74 bits per heavy atom. The number of aliphatic hydroxyl groups is 1. The molecule has 0 saturated heterocycles. The molecule has 0 saturated carbocycles. The van der Waals surface area contributed by atoms with E-state index in [1.807, 2.05) is 18.2 Å². The molecule has 0 amide bonds. The van der Waals surface area contributed by atoms with Crippen molar-refractivity contribution in [2.24, 2.45) is 0 Å². The van der Waals surface area contributed by atoms with Crippen LogP contribution in [0.4, 0.5) is 0 Å². The smallest absolute Gasteiger partial charge is 0.134 e. The first-order valence-corrected chi connectivity index (χ1v) is 7.03. The molecule has 2 N–H and O–H groups in total. The van der Waals surface area contributed by atoms with Gasteiger partial charge >= 0.3 is 0 Å². The molecule has 3 nitrogen and oxygen atoms in total. The van der Waals surface area contributed by atoms with Crippen molar-refractivity contribution in [2.45, 2.75) is 45.8 Å². The van der Waals surface area contributed by atoms with Crippen molar-refractivity contribution in [3.05, 3.63) is 35.6 Å². The van der Waals surface area contributed by atoms with E-state index in [0.717, 1.165) is 24.2 Å². The van der Waals surface area contributed by atoms with Gasteiger partial charge in [0.2, 0.25) is 0 Å². The van der Waals surface area contributed by atoms with Crippen molar-refractivity contribution < 1.29 is 9.52 Å². The number of furan rings is 1. The van der Waals surface area contributed by atoms with E-state index >= 15 is 0 Å². The lowest BCUT2D eigenvalue weighted by atomic mass is 10.1. The van der Waals surface area contributed by atoms with Gasteiger partial charge in [0.25, 0.3) is 0 Å². The largest absolute Gasteiger partial charge is 0.459 e. The maximum absolute atomic E-state index is 9.76. The molecule has 0 spiro atoms. The summed E-state index contributed by atoms with van der Waals surface area (Å²) in [5.74, 6) is 0.963. The molecule has 1 aromatic heterocycles. The molecule has 104 valence electrons. The molecule has 2 rings (SSSR count). The highest BCUT2D eigenvalue weighted by atomic mass is 16.3. The van der Waals surface area contributed by atoms with E-state index in [1.165, 1.54) is 10.9 Å². The summed E-state index contributed by atoms with van der Waals surface area (Å²) < 4.78 is 5.91. The Kier molecular flexibility index (Phi) is 4.61. The second kappa shape index (κ2) is 6.22. The van der Waals surface area contributed by atoms with Gasteiger partial charge in [-0.25, -0.2) is 0 Å². The number of aliphatic hydroxyl groups excluding tert-OH is 1. The van der Waals surface area contributed by atoms with Gasteiger partial charge in [-0.15, -0.1) is 0 Å². The van der Waals surface area contributed by atoms with E-state index < -0.39 is 0 Å². The molecule has 0 aliphatic rings. The van der Waals surface area contributed by atoms with Crippen LogP contribution in [0, 0.1) is 6.92 Å². The topological polar surface area (TPSA) is 45.4 Å². The first-order valence-electron chi connectivity index (χ1n) is 7.03. The number of rotatable bonds is 6. The van der Waals surface area contributed by atoms with Crippen LogP contribution in [0.15, 0.2) is 28.7 Å². The molecule has 0 aliphatic heterocycles. The van der Waals surface area contributed by atoms with Gasteiger partial charge in [0.05, 0.1) is 12.1 Å². The number of aryl methyl sites for hydroxylation is 1. The van der Waals surface area contributed by atoms with Gasteiger partial charge in [0.15, 0.2) is 0 Å². The first kappa shape index (κ1) is 14.1. The van der Waals surface area contributed by atoms with Crippen LogP contribution in [0.5, 0.6) is 0 Å². The lowest BCUT2D eigenvalue weighted by molar-refractivity contribution is 0.156. The maximum Gasteiger partial charge on any atom is 0.134 e. The van der Waals surface area contributed by atoms with Crippen LogP contribution >= 0.6 is 0 Å². The second-order valence-electron chi connectivity index (χ2n) is 5.16. The molecular formula is C16H23NO2. The lowest BCUT2D eigenvalue weighted by Crippen LogP contribution is -2.29. The number of fused-ring (bicyclic) bond motifs is 1. The van der Waals surface area contributed by atoms with E-state index in [4.69, 9.17) is 4.42 Å². The summed E-state index contributed by atoms with van der Waals surface area (Å²) in [6.45, 7) is 6.84. The zero-order chi connectivity index (χ0) is 13.8. The Balaban J connectivity index is 2.09. The summed E-state index contributed by atoms with van der Waals surface area (Å²) in [7, 11) is 0. The van der Waals surface area contributed by atoms with Crippen molar-refractivity contribution in [1.29, 1.82) is 0 Å². The highest BCUT2D eigenvalue weighted by molar-refractivity contribution is 5.82. The van der Waals surface area contributed by atoms with E-state index in [9.17, 15) is 5.11 Å². The fourth-order valence-corrected chi connectivity index (χ4v) is 2.45. The molecule has 2 aromatic rings. The molecule has 19 heavy (non-hydrogen) atoms. The molecular weight excluding hydrogens is 238 g/mol. The number of para-hydroxylation sites is 1. The minimum atomic E-state index is -0.280. The van der Waals surface area contributed by atoms with E-state index in [1.54, 1.807) is 0 Å². The molecule has 2 unspecified atom stereocenters. The fraction of sp³-hybridized carbons (Fsp3) is 0.500. The van der Waals surface area contributed by atoms with Crippen LogP contribution in [0.1, 0.15) is 44.1 Å². The van der Waals surface area contributed by atoms with Crippen molar-refractivity contribution in [2.75, 3.05) is 6.54 Å². The zero-order valence-corrected chi connectivity index (χ0v) is 11.9. The van der Waals surface area contributed by atoms with Crippen LogP contribution < -0.4 is 5.32 Å². The van der Waals surface area contributed by atoms with Crippen molar-refractivity contribution >= 4 is 11.0 Å². The Bertz CT molecular complexity index is 533. The van der Waals surface area contributed by atoms with Gasteiger partial charge in [-0.05, 0) is 31.9 Å². The third-order valence-electron chi connectivity index (χ3n) is 3.56. The van der Waals surface area contributed by atoms with Crippen LogP contribution in [-0.2, 0) is 0 Å². The minimum absolute atomic E-state index is 0.110. The lowest BCUT2D eigenvalue weighted by Gasteiger charge is -2.15. The third kappa shape index (κ3) is 3.17. The molecule has 2 atom stereocenters.